The Bertz CT molecular complexity index is 496. The Morgan fingerprint density at radius 3 is 2.70 bits per heavy atom. The van der Waals surface area contributed by atoms with Crippen LogP contribution in [0.4, 0.5) is 0 Å². The van der Waals surface area contributed by atoms with E-state index in [1.165, 1.54) is 4.31 Å². The maximum atomic E-state index is 12.5. The van der Waals surface area contributed by atoms with Gasteiger partial charge >= 0.3 is 0 Å². The van der Waals surface area contributed by atoms with Crippen molar-refractivity contribution >= 4 is 10.2 Å². The molecule has 1 fully saturated rings. The molecule has 0 amide bonds. The number of benzene rings is 1. The van der Waals surface area contributed by atoms with Crippen LogP contribution in [0.15, 0.2) is 30.3 Å². The van der Waals surface area contributed by atoms with E-state index in [2.05, 4.69) is 5.32 Å². The highest BCUT2D eigenvalue weighted by molar-refractivity contribution is 7.86. The number of hydrogen-bond donors (Lipinski definition) is 1. The lowest BCUT2D eigenvalue weighted by Crippen LogP contribution is -2.44. The van der Waals surface area contributed by atoms with Crippen LogP contribution in [-0.4, -0.2) is 56.8 Å². The number of nitrogens with one attached hydrogen (secondary N) is 1. The number of rotatable bonds is 5. The molecule has 0 aromatic heterocycles. The van der Waals surface area contributed by atoms with E-state index in [9.17, 15) is 8.42 Å². The van der Waals surface area contributed by atoms with Gasteiger partial charge < -0.3 is 5.32 Å². The molecule has 0 spiro atoms. The van der Waals surface area contributed by atoms with Gasteiger partial charge in [0, 0.05) is 33.2 Å². The smallest absolute Gasteiger partial charge is 0.281 e. The van der Waals surface area contributed by atoms with Gasteiger partial charge in [-0.1, -0.05) is 30.3 Å². The van der Waals surface area contributed by atoms with Crippen molar-refractivity contribution in [1.82, 2.24) is 13.9 Å². The molecule has 1 N–H and O–H groups in total. The minimum atomic E-state index is -3.33. The monoisotopic (exact) mass is 297 g/mol. The lowest BCUT2D eigenvalue weighted by atomic mass is 10.2. The topological polar surface area (TPSA) is 52.7 Å². The average molecular weight is 297 g/mol. The van der Waals surface area contributed by atoms with E-state index < -0.39 is 10.2 Å². The summed E-state index contributed by atoms with van der Waals surface area (Å²) in [6, 6.07) is 9.97. The summed E-state index contributed by atoms with van der Waals surface area (Å²) in [6.07, 6.45) is 1.61. The van der Waals surface area contributed by atoms with Crippen LogP contribution >= 0.6 is 0 Å². The van der Waals surface area contributed by atoms with E-state index in [1.54, 1.807) is 11.4 Å². The highest BCUT2D eigenvalue weighted by Crippen LogP contribution is 2.10. The Balaban J connectivity index is 1.94. The maximum absolute atomic E-state index is 12.5. The molecule has 1 heterocycles. The Morgan fingerprint density at radius 2 is 1.95 bits per heavy atom. The third kappa shape index (κ3) is 4.02. The highest BCUT2D eigenvalue weighted by Gasteiger charge is 2.26. The fraction of sp³-hybridized carbons (Fsp3) is 0.571. The maximum Gasteiger partial charge on any atom is 0.281 e. The molecule has 112 valence electrons. The molecule has 0 bridgehead atoms. The Hall–Kier alpha value is -0.950. The first-order valence-corrected chi connectivity index (χ1v) is 8.46. The number of likely N-dealkylation sites (N-methyl/N-ethyl adjacent to an activating group) is 1. The van der Waals surface area contributed by atoms with Crippen molar-refractivity contribution in [1.29, 1.82) is 0 Å². The van der Waals surface area contributed by atoms with Crippen molar-refractivity contribution in [2.45, 2.75) is 12.8 Å². The Labute approximate surface area is 121 Å². The predicted molar refractivity (Wildman–Crippen MR) is 80.8 cm³/mol. The molecule has 1 aliphatic rings. The molecule has 1 aliphatic heterocycles. The van der Waals surface area contributed by atoms with Crippen LogP contribution in [0.2, 0.25) is 0 Å². The summed E-state index contributed by atoms with van der Waals surface area (Å²) < 4.78 is 28.0. The van der Waals surface area contributed by atoms with Crippen LogP contribution in [-0.2, 0) is 16.6 Å². The second-order valence-corrected chi connectivity index (χ2v) is 7.10. The Kier molecular flexibility index (Phi) is 5.54. The normalized spacial score (nSPS) is 18.1. The third-order valence-corrected chi connectivity index (χ3v) is 5.57. The molecular weight excluding hydrogens is 274 g/mol. The van der Waals surface area contributed by atoms with E-state index in [0.717, 1.165) is 31.5 Å². The SMILES string of the molecule is CN(CCc1ccccc1)S(=O)(=O)N1CCCNCC1. The van der Waals surface area contributed by atoms with E-state index in [1.807, 2.05) is 30.3 Å². The van der Waals surface area contributed by atoms with E-state index in [-0.39, 0.29) is 0 Å². The van der Waals surface area contributed by atoms with Gasteiger partial charge in [0.1, 0.15) is 0 Å². The van der Waals surface area contributed by atoms with Gasteiger partial charge in [-0.3, -0.25) is 0 Å². The summed E-state index contributed by atoms with van der Waals surface area (Å²) in [7, 11) is -1.67. The van der Waals surface area contributed by atoms with Gasteiger partial charge in [0.15, 0.2) is 0 Å². The van der Waals surface area contributed by atoms with Gasteiger partial charge in [-0.25, -0.2) is 0 Å². The second kappa shape index (κ2) is 7.17. The van der Waals surface area contributed by atoms with Crippen LogP contribution in [0.25, 0.3) is 0 Å². The molecule has 1 aromatic rings. The summed E-state index contributed by atoms with van der Waals surface area (Å²) >= 11 is 0. The van der Waals surface area contributed by atoms with Crippen molar-refractivity contribution in [3.63, 3.8) is 0 Å². The standard InChI is InChI=1S/C14H23N3O2S/c1-16(12-8-14-6-3-2-4-7-14)20(18,19)17-11-5-9-15-10-13-17/h2-4,6-7,15H,5,8-13H2,1H3. The van der Waals surface area contributed by atoms with Crippen LogP contribution in [0.3, 0.4) is 0 Å². The average Bonchev–Trinajstić information content (AvgIpc) is 2.75. The van der Waals surface area contributed by atoms with Gasteiger partial charge in [-0.15, -0.1) is 0 Å². The summed E-state index contributed by atoms with van der Waals surface area (Å²) in [5, 5.41) is 3.22. The van der Waals surface area contributed by atoms with Crippen molar-refractivity contribution in [3.05, 3.63) is 35.9 Å². The molecule has 6 heteroatoms. The molecule has 1 saturated heterocycles. The largest absolute Gasteiger partial charge is 0.315 e. The molecule has 5 nitrogen and oxygen atoms in total. The van der Waals surface area contributed by atoms with Crippen molar-refractivity contribution < 1.29 is 8.42 Å². The lowest BCUT2D eigenvalue weighted by Gasteiger charge is -2.26. The number of nitrogens with zero attached hydrogens (tertiary/aromatic N) is 2. The predicted octanol–water partition coefficient (Wildman–Crippen LogP) is 0.701. The first kappa shape index (κ1) is 15.4. The second-order valence-electron chi connectivity index (χ2n) is 5.07. The van der Waals surface area contributed by atoms with Gasteiger partial charge in [0.05, 0.1) is 0 Å². The summed E-state index contributed by atoms with van der Waals surface area (Å²) in [5.41, 5.74) is 1.16. The zero-order chi connectivity index (χ0) is 14.4. The van der Waals surface area contributed by atoms with E-state index >= 15 is 0 Å². The van der Waals surface area contributed by atoms with Crippen molar-refractivity contribution in [2.24, 2.45) is 0 Å². The molecule has 1 aromatic carbocycles. The van der Waals surface area contributed by atoms with Gasteiger partial charge in [-0.2, -0.15) is 17.0 Å². The molecule has 0 radical (unpaired) electrons. The minimum Gasteiger partial charge on any atom is -0.315 e. The summed E-state index contributed by atoms with van der Waals surface area (Å²) in [6.45, 7) is 3.28. The lowest BCUT2D eigenvalue weighted by molar-refractivity contribution is 0.371. The van der Waals surface area contributed by atoms with E-state index in [0.29, 0.717) is 19.6 Å². The van der Waals surface area contributed by atoms with Crippen molar-refractivity contribution in [2.75, 3.05) is 39.8 Å². The van der Waals surface area contributed by atoms with Crippen LogP contribution < -0.4 is 5.32 Å². The molecule has 2 rings (SSSR count). The fourth-order valence-corrected chi connectivity index (χ4v) is 3.69. The molecule has 20 heavy (non-hydrogen) atoms. The Morgan fingerprint density at radius 1 is 1.20 bits per heavy atom. The number of hydrogen-bond acceptors (Lipinski definition) is 3. The molecular formula is C14H23N3O2S. The molecule has 0 aliphatic carbocycles. The minimum absolute atomic E-state index is 0.510. The quantitative estimate of drug-likeness (QED) is 0.870. The first-order valence-electron chi connectivity index (χ1n) is 7.07. The van der Waals surface area contributed by atoms with Gasteiger partial charge in [0.2, 0.25) is 0 Å². The van der Waals surface area contributed by atoms with Crippen LogP contribution in [0, 0.1) is 0 Å². The van der Waals surface area contributed by atoms with Crippen LogP contribution in [0.5, 0.6) is 0 Å². The van der Waals surface area contributed by atoms with E-state index in [4.69, 9.17) is 0 Å². The van der Waals surface area contributed by atoms with Crippen molar-refractivity contribution in [3.8, 4) is 0 Å². The van der Waals surface area contributed by atoms with Crippen LogP contribution in [0.1, 0.15) is 12.0 Å². The van der Waals surface area contributed by atoms with Gasteiger partial charge in [-0.05, 0) is 24.9 Å². The zero-order valence-corrected chi connectivity index (χ0v) is 12.8. The van der Waals surface area contributed by atoms with Gasteiger partial charge in [0.25, 0.3) is 10.2 Å². The zero-order valence-electron chi connectivity index (χ0n) is 12.0. The highest BCUT2D eigenvalue weighted by atomic mass is 32.2. The molecule has 0 unspecified atom stereocenters. The fourth-order valence-electron chi connectivity index (χ4n) is 2.30. The molecule has 0 saturated carbocycles. The summed E-state index contributed by atoms with van der Waals surface area (Å²) in [4.78, 5) is 0. The first-order chi connectivity index (χ1) is 9.60. The molecule has 0 atom stereocenters. The third-order valence-electron chi connectivity index (χ3n) is 3.58. The summed E-state index contributed by atoms with van der Waals surface area (Å²) in [5.74, 6) is 0.